The number of aromatic nitrogens is 5. The Balaban J connectivity index is 1.56. The average Bonchev–Trinajstić information content (AvgIpc) is 3.10. The molecule has 21 heavy (non-hydrogen) atoms. The van der Waals surface area contributed by atoms with E-state index in [0.717, 1.165) is 11.1 Å². The van der Waals surface area contributed by atoms with Gasteiger partial charge in [0.05, 0.1) is 23.0 Å². The van der Waals surface area contributed by atoms with Gasteiger partial charge < -0.3 is 9.84 Å². The minimum Gasteiger partial charge on any atom is -0.336 e. The van der Waals surface area contributed by atoms with Crippen molar-refractivity contribution < 1.29 is 9.32 Å². The number of nitrogens with zero attached hydrogens (tertiary/aromatic N) is 5. The first-order chi connectivity index (χ1) is 10.2. The first-order valence-electron chi connectivity index (χ1n) is 6.56. The zero-order chi connectivity index (χ0) is 14.7. The summed E-state index contributed by atoms with van der Waals surface area (Å²) in [4.78, 5) is 19.8. The van der Waals surface area contributed by atoms with Crippen LogP contribution in [-0.2, 0) is 11.3 Å². The summed E-state index contributed by atoms with van der Waals surface area (Å²) in [6.45, 7) is 2.49. The van der Waals surface area contributed by atoms with Crippen LogP contribution < -0.4 is 5.32 Å². The van der Waals surface area contributed by atoms with Crippen molar-refractivity contribution in [2.45, 2.75) is 26.3 Å². The lowest BCUT2D eigenvalue weighted by Gasteiger charge is -2.04. The highest BCUT2D eigenvalue weighted by Crippen LogP contribution is 2.19. The van der Waals surface area contributed by atoms with Crippen LogP contribution in [-0.4, -0.2) is 30.8 Å². The Morgan fingerprint density at radius 3 is 3.19 bits per heavy atom. The Morgan fingerprint density at radius 1 is 1.48 bits per heavy atom. The molecule has 0 aliphatic rings. The fourth-order valence-corrected chi connectivity index (χ4v) is 1.99. The van der Waals surface area contributed by atoms with E-state index in [1.54, 1.807) is 17.2 Å². The SMILES string of the molecule is Cc1noc2ncc(NC(=O)CCCn3cncn3)cc12. The number of carbonyl (C=O) groups excluding carboxylic acids is 1. The molecule has 0 saturated carbocycles. The highest BCUT2D eigenvalue weighted by molar-refractivity contribution is 5.92. The number of anilines is 1. The van der Waals surface area contributed by atoms with Crippen molar-refractivity contribution in [1.82, 2.24) is 24.9 Å². The van der Waals surface area contributed by atoms with Crippen LogP contribution in [0.25, 0.3) is 11.1 Å². The van der Waals surface area contributed by atoms with Gasteiger partial charge >= 0.3 is 0 Å². The number of amides is 1. The smallest absolute Gasteiger partial charge is 0.258 e. The number of fused-ring (bicyclic) bond motifs is 1. The van der Waals surface area contributed by atoms with Crippen molar-refractivity contribution >= 4 is 22.7 Å². The second-order valence-electron chi connectivity index (χ2n) is 4.65. The van der Waals surface area contributed by atoms with Gasteiger partial charge in [-0.05, 0) is 19.4 Å². The van der Waals surface area contributed by atoms with Gasteiger partial charge in [-0.3, -0.25) is 9.48 Å². The Morgan fingerprint density at radius 2 is 2.38 bits per heavy atom. The normalized spacial score (nSPS) is 10.9. The van der Waals surface area contributed by atoms with Gasteiger partial charge in [0.25, 0.3) is 5.71 Å². The van der Waals surface area contributed by atoms with Crippen LogP contribution in [0.1, 0.15) is 18.5 Å². The van der Waals surface area contributed by atoms with Crippen LogP contribution in [0.2, 0.25) is 0 Å². The summed E-state index contributed by atoms with van der Waals surface area (Å²) in [5.41, 5.74) is 1.86. The van der Waals surface area contributed by atoms with Crippen LogP contribution in [0.5, 0.6) is 0 Å². The Bertz CT molecular complexity index is 749. The first-order valence-corrected chi connectivity index (χ1v) is 6.56. The van der Waals surface area contributed by atoms with Crippen molar-refractivity contribution in [3.63, 3.8) is 0 Å². The number of hydrogen-bond acceptors (Lipinski definition) is 6. The fourth-order valence-electron chi connectivity index (χ4n) is 1.99. The molecule has 0 aromatic carbocycles. The van der Waals surface area contributed by atoms with Crippen molar-refractivity contribution in [3.05, 3.63) is 30.6 Å². The minimum absolute atomic E-state index is 0.0645. The molecule has 0 saturated heterocycles. The van der Waals surface area contributed by atoms with E-state index in [1.807, 2.05) is 13.0 Å². The van der Waals surface area contributed by atoms with Crippen molar-refractivity contribution in [1.29, 1.82) is 0 Å². The Labute approximate surface area is 120 Å². The molecular formula is C13H14N6O2. The van der Waals surface area contributed by atoms with Crippen molar-refractivity contribution in [3.8, 4) is 0 Å². The molecule has 3 heterocycles. The summed E-state index contributed by atoms with van der Waals surface area (Å²) in [6, 6.07) is 1.81. The molecule has 0 radical (unpaired) electrons. The largest absolute Gasteiger partial charge is 0.336 e. The monoisotopic (exact) mass is 286 g/mol. The zero-order valence-electron chi connectivity index (χ0n) is 11.5. The summed E-state index contributed by atoms with van der Waals surface area (Å²) in [7, 11) is 0. The van der Waals surface area contributed by atoms with E-state index < -0.39 is 0 Å². The molecule has 8 heteroatoms. The van der Waals surface area contributed by atoms with Crippen LogP contribution >= 0.6 is 0 Å². The molecule has 3 aromatic heterocycles. The van der Waals surface area contributed by atoms with E-state index >= 15 is 0 Å². The van der Waals surface area contributed by atoms with Gasteiger partial charge in [0.2, 0.25) is 5.91 Å². The van der Waals surface area contributed by atoms with Gasteiger partial charge in [0.15, 0.2) is 0 Å². The molecular weight excluding hydrogens is 272 g/mol. The van der Waals surface area contributed by atoms with Crippen LogP contribution in [0, 0.1) is 6.92 Å². The van der Waals surface area contributed by atoms with Gasteiger partial charge in [-0.1, -0.05) is 5.16 Å². The van der Waals surface area contributed by atoms with E-state index in [2.05, 4.69) is 25.5 Å². The Kier molecular flexibility index (Phi) is 3.59. The van der Waals surface area contributed by atoms with Gasteiger partial charge in [0, 0.05) is 13.0 Å². The van der Waals surface area contributed by atoms with Gasteiger partial charge in [-0.25, -0.2) is 9.97 Å². The summed E-state index contributed by atoms with van der Waals surface area (Å²) >= 11 is 0. The third-order valence-corrected chi connectivity index (χ3v) is 3.05. The summed E-state index contributed by atoms with van der Waals surface area (Å²) in [5.74, 6) is -0.0645. The summed E-state index contributed by atoms with van der Waals surface area (Å²) in [5, 5.41) is 11.4. The molecule has 108 valence electrons. The number of hydrogen-bond donors (Lipinski definition) is 1. The van der Waals surface area contributed by atoms with E-state index in [-0.39, 0.29) is 5.91 Å². The molecule has 3 aromatic rings. The standard InChI is InChI=1S/C13H14N6O2/c1-9-11-5-10(6-15-13(11)21-18-9)17-12(20)3-2-4-19-8-14-7-16-19/h5-8H,2-4H2,1H3,(H,17,20). The molecule has 8 nitrogen and oxygen atoms in total. The lowest BCUT2D eigenvalue weighted by molar-refractivity contribution is -0.116. The molecule has 0 spiro atoms. The van der Waals surface area contributed by atoms with Gasteiger partial charge in [-0.15, -0.1) is 0 Å². The predicted molar refractivity (Wildman–Crippen MR) is 74.4 cm³/mol. The fraction of sp³-hybridized carbons (Fsp3) is 0.308. The maximum atomic E-state index is 11.9. The maximum absolute atomic E-state index is 11.9. The average molecular weight is 286 g/mol. The third kappa shape index (κ3) is 3.04. The molecule has 0 unspecified atom stereocenters. The zero-order valence-corrected chi connectivity index (χ0v) is 11.5. The topological polar surface area (TPSA) is 98.7 Å². The number of pyridine rings is 1. The number of rotatable bonds is 5. The van der Waals surface area contributed by atoms with Gasteiger partial charge in [0.1, 0.15) is 12.7 Å². The predicted octanol–water partition coefficient (Wildman–Crippen LogP) is 1.54. The van der Waals surface area contributed by atoms with E-state index in [1.165, 1.54) is 6.33 Å². The van der Waals surface area contributed by atoms with Crippen LogP contribution in [0.4, 0.5) is 5.69 Å². The van der Waals surface area contributed by atoms with Crippen molar-refractivity contribution in [2.75, 3.05) is 5.32 Å². The maximum Gasteiger partial charge on any atom is 0.258 e. The quantitative estimate of drug-likeness (QED) is 0.763. The second kappa shape index (κ2) is 5.70. The molecule has 0 aliphatic carbocycles. The lowest BCUT2D eigenvalue weighted by atomic mass is 10.2. The van der Waals surface area contributed by atoms with Crippen molar-refractivity contribution in [2.24, 2.45) is 0 Å². The Hall–Kier alpha value is -2.77. The highest BCUT2D eigenvalue weighted by atomic mass is 16.5. The minimum atomic E-state index is -0.0645. The molecule has 1 N–H and O–H groups in total. The van der Waals surface area contributed by atoms with E-state index in [4.69, 9.17) is 4.52 Å². The number of aryl methyl sites for hydroxylation is 2. The molecule has 1 amide bonds. The number of carbonyl (C=O) groups is 1. The molecule has 0 atom stereocenters. The lowest BCUT2D eigenvalue weighted by Crippen LogP contribution is -2.12. The molecule has 3 rings (SSSR count). The summed E-state index contributed by atoms with van der Waals surface area (Å²) < 4.78 is 6.72. The number of nitrogens with one attached hydrogen (secondary N) is 1. The van der Waals surface area contributed by atoms with Gasteiger partial charge in [-0.2, -0.15) is 5.10 Å². The van der Waals surface area contributed by atoms with E-state index in [9.17, 15) is 4.79 Å². The molecule has 0 aliphatic heterocycles. The molecule has 0 bridgehead atoms. The second-order valence-corrected chi connectivity index (χ2v) is 4.65. The van der Waals surface area contributed by atoms with Crippen LogP contribution in [0.3, 0.4) is 0 Å². The highest BCUT2D eigenvalue weighted by Gasteiger charge is 2.08. The molecule has 0 fully saturated rings. The third-order valence-electron chi connectivity index (χ3n) is 3.05. The van der Waals surface area contributed by atoms with E-state index in [0.29, 0.717) is 30.8 Å². The first kappa shape index (κ1) is 13.2. The summed E-state index contributed by atoms with van der Waals surface area (Å²) in [6.07, 6.45) is 5.76. The van der Waals surface area contributed by atoms with Crippen LogP contribution in [0.15, 0.2) is 29.4 Å².